The van der Waals surface area contributed by atoms with E-state index in [0.29, 0.717) is 43.9 Å². The molecule has 0 saturated heterocycles. The van der Waals surface area contributed by atoms with Gasteiger partial charge >= 0.3 is 0 Å². The smallest absolute Gasteiger partial charge is 0.268 e. The molecule has 0 saturated carbocycles. The molecule has 8 heteroatoms. The average Bonchev–Trinajstić information content (AvgIpc) is 3.04. The third kappa shape index (κ3) is 2.69. The van der Waals surface area contributed by atoms with Crippen LogP contribution < -0.4 is 10.1 Å². The Hall–Kier alpha value is -2.02. The molecular formula is C18H14Cl2N2O3S. The first-order chi connectivity index (χ1) is 12.5. The summed E-state index contributed by atoms with van der Waals surface area (Å²) in [5.41, 5.74) is 2.35. The van der Waals surface area contributed by atoms with Crippen LogP contribution in [0.4, 0.5) is 0 Å². The van der Waals surface area contributed by atoms with Gasteiger partial charge in [-0.25, -0.2) is 0 Å². The summed E-state index contributed by atoms with van der Waals surface area (Å²) < 4.78 is 8.06. The second kappa shape index (κ2) is 6.61. The van der Waals surface area contributed by atoms with Crippen molar-refractivity contribution in [3.8, 4) is 5.75 Å². The number of hydrogen-bond acceptors (Lipinski definition) is 4. The number of rotatable bonds is 3. The van der Waals surface area contributed by atoms with Gasteiger partial charge in [0.1, 0.15) is 15.8 Å². The molecule has 1 aliphatic heterocycles. The zero-order valence-electron chi connectivity index (χ0n) is 13.8. The molecule has 5 nitrogen and oxygen atoms in total. The Balaban J connectivity index is 1.94. The molecular weight excluding hydrogens is 395 g/mol. The Morgan fingerprint density at radius 1 is 1.23 bits per heavy atom. The molecule has 4 rings (SSSR count). The Bertz CT molecular complexity index is 1040. The maximum atomic E-state index is 12.7. The minimum atomic E-state index is -0.269. The van der Waals surface area contributed by atoms with Crippen LogP contribution in [0.2, 0.25) is 9.36 Å². The summed E-state index contributed by atoms with van der Waals surface area (Å²) >= 11 is 13.9. The largest absolute Gasteiger partial charge is 0.497 e. The number of carbonyl (C=O) groups is 2. The van der Waals surface area contributed by atoms with Crippen molar-refractivity contribution in [1.29, 1.82) is 0 Å². The molecule has 1 amide bonds. The standard InChI is InChI=1S/C18H14Cl2N2O3S/c1-25-10-4-2-9(3-5-10)8-22-14-12(11(23)6-7-21-18(14)24)16-15(22)13(19)17(20)26-16/h2-5H,6-8H2,1H3,(H,21,24). The van der Waals surface area contributed by atoms with Crippen molar-refractivity contribution in [3.63, 3.8) is 0 Å². The second-order valence-corrected chi connectivity index (χ2v) is 7.96. The Morgan fingerprint density at radius 2 is 1.96 bits per heavy atom. The number of nitrogens with zero attached hydrogens (tertiary/aromatic N) is 1. The highest BCUT2D eigenvalue weighted by atomic mass is 35.5. The highest BCUT2D eigenvalue weighted by Crippen LogP contribution is 2.44. The number of carbonyl (C=O) groups excluding carboxylic acids is 2. The average molecular weight is 409 g/mol. The van der Waals surface area contributed by atoms with E-state index in [1.165, 1.54) is 11.3 Å². The summed E-state index contributed by atoms with van der Waals surface area (Å²) in [6.07, 6.45) is 0.257. The van der Waals surface area contributed by atoms with E-state index in [2.05, 4.69) is 5.32 Å². The topological polar surface area (TPSA) is 60.3 Å². The first-order valence-electron chi connectivity index (χ1n) is 7.95. The molecule has 3 heterocycles. The van der Waals surface area contributed by atoms with Crippen molar-refractivity contribution < 1.29 is 14.3 Å². The fourth-order valence-electron chi connectivity index (χ4n) is 3.21. The van der Waals surface area contributed by atoms with Gasteiger partial charge in [-0.1, -0.05) is 35.3 Å². The van der Waals surface area contributed by atoms with Crippen molar-refractivity contribution in [2.75, 3.05) is 13.7 Å². The fourth-order valence-corrected chi connectivity index (χ4v) is 4.88. The quantitative estimate of drug-likeness (QED) is 0.699. The number of amides is 1. The van der Waals surface area contributed by atoms with Crippen LogP contribution in [-0.2, 0) is 6.54 Å². The van der Waals surface area contributed by atoms with Crippen LogP contribution in [-0.4, -0.2) is 29.9 Å². The van der Waals surface area contributed by atoms with Gasteiger partial charge in [-0.15, -0.1) is 11.3 Å². The number of ketones is 1. The zero-order valence-corrected chi connectivity index (χ0v) is 16.1. The van der Waals surface area contributed by atoms with Gasteiger partial charge in [0, 0.05) is 19.5 Å². The molecule has 0 fully saturated rings. The lowest BCUT2D eigenvalue weighted by Crippen LogP contribution is -2.25. The van der Waals surface area contributed by atoms with Gasteiger partial charge in [0.2, 0.25) is 0 Å². The third-order valence-corrected chi connectivity index (χ3v) is 6.40. The Kier molecular flexibility index (Phi) is 4.42. The van der Waals surface area contributed by atoms with Gasteiger partial charge in [0.25, 0.3) is 5.91 Å². The van der Waals surface area contributed by atoms with E-state index in [9.17, 15) is 9.59 Å². The lowest BCUT2D eigenvalue weighted by atomic mass is 10.1. The summed E-state index contributed by atoms with van der Waals surface area (Å²) in [6, 6.07) is 7.52. The summed E-state index contributed by atoms with van der Waals surface area (Å²) in [4.78, 5) is 25.3. The van der Waals surface area contributed by atoms with Crippen molar-refractivity contribution in [3.05, 3.63) is 50.4 Å². The van der Waals surface area contributed by atoms with Crippen LogP contribution in [0.25, 0.3) is 10.2 Å². The molecule has 3 aromatic rings. The highest BCUT2D eigenvalue weighted by molar-refractivity contribution is 7.24. The lowest BCUT2D eigenvalue weighted by Gasteiger charge is -2.11. The van der Waals surface area contributed by atoms with E-state index >= 15 is 0 Å². The van der Waals surface area contributed by atoms with Gasteiger partial charge in [0.15, 0.2) is 5.78 Å². The van der Waals surface area contributed by atoms with Crippen LogP contribution in [0.1, 0.15) is 32.8 Å². The van der Waals surface area contributed by atoms with Gasteiger partial charge in [0.05, 0.1) is 27.9 Å². The van der Waals surface area contributed by atoms with E-state index in [1.54, 1.807) is 11.7 Å². The van der Waals surface area contributed by atoms with E-state index in [4.69, 9.17) is 27.9 Å². The van der Waals surface area contributed by atoms with E-state index in [1.807, 2.05) is 24.3 Å². The first kappa shape index (κ1) is 17.4. The predicted octanol–water partition coefficient (Wildman–Crippen LogP) is 4.38. The number of thiophene rings is 1. The van der Waals surface area contributed by atoms with Crippen LogP contribution >= 0.6 is 34.5 Å². The molecule has 1 aromatic carbocycles. The number of halogens is 2. The van der Waals surface area contributed by atoms with Crippen molar-refractivity contribution in [1.82, 2.24) is 9.88 Å². The molecule has 0 spiro atoms. The molecule has 134 valence electrons. The summed E-state index contributed by atoms with van der Waals surface area (Å²) in [7, 11) is 1.60. The molecule has 1 aliphatic rings. The van der Waals surface area contributed by atoms with Crippen molar-refractivity contribution in [2.24, 2.45) is 0 Å². The first-order valence-corrected chi connectivity index (χ1v) is 9.52. The number of hydrogen-bond donors (Lipinski definition) is 1. The Labute approximate surface area is 163 Å². The third-order valence-electron chi connectivity index (χ3n) is 4.42. The molecule has 2 aromatic heterocycles. The molecule has 0 aliphatic carbocycles. The Morgan fingerprint density at radius 3 is 2.65 bits per heavy atom. The molecule has 0 radical (unpaired) electrons. The van der Waals surface area contributed by atoms with Gasteiger partial charge in [-0.2, -0.15) is 0 Å². The van der Waals surface area contributed by atoms with Gasteiger partial charge < -0.3 is 14.6 Å². The molecule has 0 bridgehead atoms. The summed E-state index contributed by atoms with van der Waals surface area (Å²) in [5.74, 6) is 0.399. The van der Waals surface area contributed by atoms with Crippen LogP contribution in [0, 0.1) is 0 Å². The van der Waals surface area contributed by atoms with Gasteiger partial charge in [-0.3, -0.25) is 9.59 Å². The molecule has 1 N–H and O–H groups in total. The van der Waals surface area contributed by atoms with Crippen molar-refractivity contribution in [2.45, 2.75) is 13.0 Å². The number of ether oxygens (including phenoxy) is 1. The maximum absolute atomic E-state index is 12.7. The number of methoxy groups -OCH3 is 1. The number of benzene rings is 1. The van der Waals surface area contributed by atoms with E-state index in [-0.39, 0.29) is 18.1 Å². The van der Waals surface area contributed by atoms with E-state index in [0.717, 1.165) is 11.3 Å². The number of Topliss-reactive ketones (excluding diaryl/α,β-unsaturated/α-hetero) is 1. The number of nitrogens with one attached hydrogen (secondary N) is 1. The fraction of sp³-hybridized carbons (Fsp3) is 0.222. The van der Waals surface area contributed by atoms with Crippen LogP contribution in [0.15, 0.2) is 24.3 Å². The molecule has 0 atom stereocenters. The second-order valence-electron chi connectivity index (χ2n) is 5.95. The lowest BCUT2D eigenvalue weighted by molar-refractivity contribution is 0.0948. The minimum Gasteiger partial charge on any atom is -0.497 e. The number of fused-ring (bicyclic) bond motifs is 3. The normalized spacial score (nSPS) is 14.3. The highest BCUT2D eigenvalue weighted by Gasteiger charge is 2.32. The van der Waals surface area contributed by atoms with Crippen LogP contribution in [0.3, 0.4) is 0 Å². The minimum absolute atomic E-state index is 0.0774. The monoisotopic (exact) mass is 408 g/mol. The molecule has 0 unspecified atom stereocenters. The predicted molar refractivity (Wildman–Crippen MR) is 103 cm³/mol. The summed E-state index contributed by atoms with van der Waals surface area (Å²) in [6.45, 7) is 0.715. The van der Waals surface area contributed by atoms with Crippen molar-refractivity contribution >= 4 is 56.4 Å². The SMILES string of the molecule is COc1ccc(Cn2c3c(c4sc(Cl)c(Cl)c42)C(=O)CCNC3=O)cc1. The zero-order chi connectivity index (χ0) is 18.4. The maximum Gasteiger partial charge on any atom is 0.268 e. The van der Waals surface area contributed by atoms with Gasteiger partial charge in [-0.05, 0) is 17.7 Å². The van der Waals surface area contributed by atoms with Crippen LogP contribution in [0.5, 0.6) is 5.75 Å². The molecule has 26 heavy (non-hydrogen) atoms. The number of aromatic nitrogens is 1. The summed E-state index contributed by atoms with van der Waals surface area (Å²) in [5, 5.41) is 3.16. The van der Waals surface area contributed by atoms with E-state index < -0.39 is 0 Å².